The van der Waals surface area contributed by atoms with Gasteiger partial charge in [-0.3, -0.25) is 10.1 Å². The Morgan fingerprint density at radius 2 is 1.89 bits per heavy atom. The molecule has 0 fully saturated rings. The van der Waals surface area contributed by atoms with Crippen LogP contribution in [-0.4, -0.2) is 16.0 Å². The van der Waals surface area contributed by atoms with Gasteiger partial charge in [-0.25, -0.2) is 4.98 Å². The summed E-state index contributed by atoms with van der Waals surface area (Å²) in [7, 11) is 0. The molecular formula is C20H16ClN3O2S. The van der Waals surface area contributed by atoms with Crippen LogP contribution >= 0.6 is 23.8 Å². The van der Waals surface area contributed by atoms with Crippen molar-refractivity contribution in [2.75, 3.05) is 5.32 Å². The van der Waals surface area contributed by atoms with Gasteiger partial charge >= 0.3 is 0 Å². The van der Waals surface area contributed by atoms with E-state index in [4.69, 9.17) is 28.6 Å². The van der Waals surface area contributed by atoms with E-state index in [9.17, 15) is 4.79 Å². The molecule has 0 aliphatic carbocycles. The van der Waals surface area contributed by atoms with Crippen molar-refractivity contribution in [2.45, 2.75) is 6.61 Å². The molecule has 5 nitrogen and oxygen atoms in total. The summed E-state index contributed by atoms with van der Waals surface area (Å²) in [4.78, 5) is 16.4. The molecule has 2 aromatic carbocycles. The highest BCUT2D eigenvalue weighted by molar-refractivity contribution is 7.80. The lowest BCUT2D eigenvalue weighted by Gasteiger charge is -2.11. The van der Waals surface area contributed by atoms with E-state index in [-0.39, 0.29) is 16.2 Å². The second-order valence-electron chi connectivity index (χ2n) is 5.55. The minimum absolute atomic E-state index is 0.130. The van der Waals surface area contributed by atoms with Gasteiger partial charge in [-0.05, 0) is 48.1 Å². The number of hydrogen-bond donors (Lipinski definition) is 2. The number of nitrogens with one attached hydrogen (secondary N) is 2. The Labute approximate surface area is 167 Å². The Bertz CT molecular complexity index is 951. The van der Waals surface area contributed by atoms with E-state index in [1.807, 2.05) is 30.3 Å². The maximum absolute atomic E-state index is 12.4. The molecule has 1 amide bonds. The molecule has 0 atom stereocenters. The Morgan fingerprint density at radius 3 is 2.67 bits per heavy atom. The Kier molecular flexibility index (Phi) is 6.35. The third-order valence-corrected chi connectivity index (χ3v) is 4.08. The topological polar surface area (TPSA) is 63.2 Å². The van der Waals surface area contributed by atoms with E-state index in [0.717, 1.165) is 5.56 Å². The van der Waals surface area contributed by atoms with E-state index in [0.29, 0.717) is 23.6 Å². The number of pyridine rings is 1. The van der Waals surface area contributed by atoms with E-state index < -0.39 is 0 Å². The minimum atomic E-state index is -0.349. The number of carbonyl (C=O) groups excluding carboxylic acids is 1. The first kappa shape index (κ1) is 18.8. The van der Waals surface area contributed by atoms with Gasteiger partial charge in [0.05, 0.1) is 5.69 Å². The van der Waals surface area contributed by atoms with Crippen molar-refractivity contribution in [3.8, 4) is 5.75 Å². The molecule has 0 aliphatic rings. The summed E-state index contributed by atoms with van der Waals surface area (Å²) in [5.41, 5.74) is 2.00. The number of aromatic nitrogens is 1. The lowest BCUT2D eigenvalue weighted by molar-refractivity contribution is 0.0977. The zero-order valence-electron chi connectivity index (χ0n) is 14.2. The molecule has 7 heteroatoms. The number of halogens is 1. The summed E-state index contributed by atoms with van der Waals surface area (Å²) in [6.07, 6.45) is 1.57. The fraction of sp³-hybridized carbons (Fsp3) is 0.0500. The van der Waals surface area contributed by atoms with Crippen LogP contribution in [0.4, 0.5) is 5.69 Å². The number of hydrogen-bond acceptors (Lipinski definition) is 4. The number of amides is 1. The van der Waals surface area contributed by atoms with E-state index in [1.165, 1.54) is 0 Å². The molecule has 0 unspecified atom stereocenters. The molecule has 3 rings (SSSR count). The highest BCUT2D eigenvalue weighted by atomic mass is 35.5. The van der Waals surface area contributed by atoms with Crippen molar-refractivity contribution >= 4 is 40.5 Å². The first-order chi connectivity index (χ1) is 13.1. The molecule has 1 aromatic heterocycles. The van der Waals surface area contributed by atoms with Gasteiger partial charge in [0.15, 0.2) is 10.3 Å². The summed E-state index contributed by atoms with van der Waals surface area (Å²) >= 11 is 11.1. The Balaban J connectivity index is 1.59. The van der Waals surface area contributed by atoms with Crippen molar-refractivity contribution in [3.05, 3.63) is 89.2 Å². The third kappa shape index (κ3) is 5.51. The number of anilines is 1. The van der Waals surface area contributed by atoms with E-state index in [2.05, 4.69) is 15.6 Å². The lowest BCUT2D eigenvalue weighted by atomic mass is 10.2. The van der Waals surface area contributed by atoms with Gasteiger partial charge in [0, 0.05) is 11.8 Å². The smallest absolute Gasteiger partial charge is 0.257 e. The van der Waals surface area contributed by atoms with Crippen LogP contribution in [0.5, 0.6) is 5.75 Å². The van der Waals surface area contributed by atoms with Gasteiger partial charge in [0.25, 0.3) is 5.91 Å². The summed E-state index contributed by atoms with van der Waals surface area (Å²) in [5, 5.41) is 5.86. The quantitative estimate of drug-likeness (QED) is 0.492. The van der Waals surface area contributed by atoms with Gasteiger partial charge in [-0.1, -0.05) is 48.0 Å². The molecule has 27 heavy (non-hydrogen) atoms. The number of thiocarbonyl (C=S) groups is 1. The molecule has 0 aliphatic heterocycles. The number of benzene rings is 2. The van der Waals surface area contributed by atoms with Crippen LogP contribution < -0.4 is 15.4 Å². The van der Waals surface area contributed by atoms with Crippen LogP contribution in [0.3, 0.4) is 0 Å². The number of carbonyl (C=O) groups is 1. The number of ether oxygens (including phenoxy) is 1. The maximum Gasteiger partial charge on any atom is 0.257 e. The van der Waals surface area contributed by atoms with Crippen LogP contribution in [0.1, 0.15) is 15.9 Å². The monoisotopic (exact) mass is 397 g/mol. The second kappa shape index (κ2) is 9.12. The van der Waals surface area contributed by atoms with Crippen LogP contribution in [0.15, 0.2) is 72.9 Å². The van der Waals surface area contributed by atoms with E-state index >= 15 is 0 Å². The van der Waals surface area contributed by atoms with Crippen molar-refractivity contribution in [1.29, 1.82) is 0 Å². The molecule has 0 radical (unpaired) electrons. The SMILES string of the molecule is O=C(NC(=S)Nc1cccnc1Cl)c1cccc(OCc2ccccc2)c1. The first-order valence-corrected chi connectivity index (χ1v) is 8.90. The zero-order valence-corrected chi connectivity index (χ0v) is 15.8. The Morgan fingerprint density at radius 1 is 1.07 bits per heavy atom. The second-order valence-corrected chi connectivity index (χ2v) is 6.32. The largest absolute Gasteiger partial charge is 0.489 e. The fourth-order valence-electron chi connectivity index (χ4n) is 2.28. The predicted molar refractivity (Wildman–Crippen MR) is 110 cm³/mol. The van der Waals surface area contributed by atoms with Gasteiger partial charge < -0.3 is 10.1 Å². The van der Waals surface area contributed by atoms with Crippen molar-refractivity contribution in [3.63, 3.8) is 0 Å². The standard InChI is InChI=1S/C20H16ClN3O2S/c21-18-17(10-5-11-22-18)23-20(27)24-19(25)15-8-4-9-16(12-15)26-13-14-6-2-1-3-7-14/h1-12H,13H2,(H2,23,24,25,27). The van der Waals surface area contributed by atoms with Gasteiger partial charge in [0.1, 0.15) is 12.4 Å². The zero-order chi connectivity index (χ0) is 19.1. The summed E-state index contributed by atoms with van der Waals surface area (Å²) in [5.74, 6) is 0.248. The minimum Gasteiger partial charge on any atom is -0.489 e. The third-order valence-electron chi connectivity index (χ3n) is 3.58. The number of nitrogens with zero attached hydrogens (tertiary/aromatic N) is 1. The van der Waals surface area contributed by atoms with Crippen molar-refractivity contribution < 1.29 is 9.53 Å². The van der Waals surface area contributed by atoms with Crippen LogP contribution in [0.25, 0.3) is 0 Å². The molecule has 0 saturated carbocycles. The molecular weight excluding hydrogens is 382 g/mol. The highest BCUT2D eigenvalue weighted by Crippen LogP contribution is 2.18. The fourth-order valence-corrected chi connectivity index (χ4v) is 2.65. The average Bonchev–Trinajstić information content (AvgIpc) is 2.69. The molecule has 3 aromatic rings. The Hall–Kier alpha value is -2.96. The summed E-state index contributed by atoms with van der Waals surface area (Å²) in [6, 6.07) is 20.1. The number of rotatable bonds is 5. The van der Waals surface area contributed by atoms with Crippen LogP contribution in [0, 0.1) is 0 Å². The average molecular weight is 398 g/mol. The molecule has 136 valence electrons. The molecule has 0 saturated heterocycles. The highest BCUT2D eigenvalue weighted by Gasteiger charge is 2.10. The van der Waals surface area contributed by atoms with Gasteiger partial charge in [-0.15, -0.1) is 0 Å². The van der Waals surface area contributed by atoms with Gasteiger partial charge in [0.2, 0.25) is 0 Å². The summed E-state index contributed by atoms with van der Waals surface area (Å²) in [6.45, 7) is 0.422. The maximum atomic E-state index is 12.4. The molecule has 0 spiro atoms. The lowest BCUT2D eigenvalue weighted by Crippen LogP contribution is -2.34. The van der Waals surface area contributed by atoms with Crippen molar-refractivity contribution in [1.82, 2.24) is 10.3 Å². The molecule has 2 N–H and O–H groups in total. The van der Waals surface area contributed by atoms with Crippen molar-refractivity contribution in [2.24, 2.45) is 0 Å². The summed E-state index contributed by atoms with van der Waals surface area (Å²) < 4.78 is 5.75. The van der Waals surface area contributed by atoms with Crippen LogP contribution in [-0.2, 0) is 6.61 Å². The van der Waals surface area contributed by atoms with Gasteiger partial charge in [-0.2, -0.15) is 0 Å². The molecule has 1 heterocycles. The van der Waals surface area contributed by atoms with Crippen LogP contribution in [0.2, 0.25) is 5.15 Å². The molecule has 0 bridgehead atoms. The first-order valence-electron chi connectivity index (χ1n) is 8.11. The van der Waals surface area contributed by atoms with E-state index in [1.54, 1.807) is 42.6 Å². The predicted octanol–water partition coefficient (Wildman–Crippen LogP) is 4.44. The normalized spacial score (nSPS) is 10.1.